The summed E-state index contributed by atoms with van der Waals surface area (Å²) in [4.78, 5) is 26.6. The lowest BCUT2D eigenvalue weighted by molar-refractivity contribution is -0.122. The molecule has 2 aromatic rings. The van der Waals surface area contributed by atoms with Crippen molar-refractivity contribution in [3.8, 4) is 0 Å². The zero-order valence-corrected chi connectivity index (χ0v) is 12.5. The third-order valence-electron chi connectivity index (χ3n) is 2.85. The Balaban J connectivity index is 1.80. The molecule has 0 aliphatic rings. The number of aromatic carboxylic acids is 1. The van der Waals surface area contributed by atoms with E-state index in [0.29, 0.717) is 18.0 Å². The highest BCUT2D eigenvalue weighted by Crippen LogP contribution is 2.18. The van der Waals surface area contributed by atoms with Crippen LogP contribution in [0.4, 0.5) is 0 Å². The number of thiophene rings is 1. The minimum Gasteiger partial charge on any atom is -0.476 e. The van der Waals surface area contributed by atoms with Gasteiger partial charge in [-0.1, -0.05) is 0 Å². The molecule has 2 heterocycles. The van der Waals surface area contributed by atoms with Crippen molar-refractivity contribution in [2.24, 2.45) is 0 Å². The Labute approximate surface area is 124 Å². The number of carbonyl (C=O) groups excluding carboxylic acids is 1. The standard InChI is InChI=1S/C13H14N2O3S2/c1-8(9-3-5-19-6-9)12(16)14-4-2-11-15-10(7-20-11)13(17)18/h3,5-8H,2,4H2,1H3,(H,14,16)(H,17,18). The van der Waals surface area contributed by atoms with E-state index in [1.165, 1.54) is 16.7 Å². The molecule has 106 valence electrons. The molecule has 0 aliphatic heterocycles. The van der Waals surface area contributed by atoms with Gasteiger partial charge >= 0.3 is 5.97 Å². The van der Waals surface area contributed by atoms with Gasteiger partial charge in [-0.3, -0.25) is 4.79 Å². The predicted octanol–water partition coefficient (Wildman–Crippen LogP) is 2.37. The lowest BCUT2D eigenvalue weighted by atomic mass is 10.0. The van der Waals surface area contributed by atoms with Crippen LogP contribution >= 0.6 is 22.7 Å². The van der Waals surface area contributed by atoms with Gasteiger partial charge in [-0.05, 0) is 29.3 Å². The molecule has 0 radical (unpaired) electrons. The molecule has 1 atom stereocenters. The van der Waals surface area contributed by atoms with Crippen LogP contribution in [0.5, 0.6) is 0 Å². The lowest BCUT2D eigenvalue weighted by Gasteiger charge is -2.10. The monoisotopic (exact) mass is 310 g/mol. The quantitative estimate of drug-likeness (QED) is 0.858. The van der Waals surface area contributed by atoms with Gasteiger partial charge in [0.05, 0.1) is 10.9 Å². The molecule has 0 fully saturated rings. The van der Waals surface area contributed by atoms with Crippen molar-refractivity contribution in [1.29, 1.82) is 0 Å². The third kappa shape index (κ3) is 3.64. The van der Waals surface area contributed by atoms with Crippen molar-refractivity contribution in [1.82, 2.24) is 10.3 Å². The number of nitrogens with one attached hydrogen (secondary N) is 1. The maximum absolute atomic E-state index is 11.9. The number of rotatable bonds is 6. The summed E-state index contributed by atoms with van der Waals surface area (Å²) < 4.78 is 0. The highest BCUT2D eigenvalue weighted by Gasteiger charge is 2.15. The molecule has 0 aliphatic carbocycles. The molecule has 0 spiro atoms. The molecule has 2 N–H and O–H groups in total. The van der Waals surface area contributed by atoms with E-state index in [4.69, 9.17) is 5.11 Å². The molecule has 7 heteroatoms. The van der Waals surface area contributed by atoms with Crippen molar-refractivity contribution in [3.05, 3.63) is 38.5 Å². The van der Waals surface area contributed by atoms with Crippen LogP contribution in [0.3, 0.4) is 0 Å². The van der Waals surface area contributed by atoms with Crippen molar-refractivity contribution in [3.63, 3.8) is 0 Å². The number of carboxylic acid groups (broad SMARTS) is 1. The van der Waals surface area contributed by atoms with Gasteiger partial charge in [0.1, 0.15) is 0 Å². The number of aromatic nitrogens is 1. The lowest BCUT2D eigenvalue weighted by Crippen LogP contribution is -2.29. The number of hydrogen-bond donors (Lipinski definition) is 2. The van der Waals surface area contributed by atoms with Gasteiger partial charge in [-0.15, -0.1) is 11.3 Å². The maximum atomic E-state index is 11.9. The first-order valence-corrected chi connectivity index (χ1v) is 7.87. The average Bonchev–Trinajstić information content (AvgIpc) is 3.08. The molecular weight excluding hydrogens is 296 g/mol. The summed E-state index contributed by atoms with van der Waals surface area (Å²) in [5.41, 5.74) is 1.07. The van der Waals surface area contributed by atoms with Crippen molar-refractivity contribution in [2.75, 3.05) is 6.54 Å². The normalized spacial score (nSPS) is 12.1. The van der Waals surface area contributed by atoms with Gasteiger partial charge < -0.3 is 10.4 Å². The molecular formula is C13H14N2O3S2. The summed E-state index contributed by atoms with van der Waals surface area (Å²) in [6.07, 6.45) is 0.542. The van der Waals surface area contributed by atoms with Gasteiger partial charge in [-0.25, -0.2) is 9.78 Å². The van der Waals surface area contributed by atoms with Crippen LogP contribution in [0, 0.1) is 0 Å². The van der Waals surface area contributed by atoms with Crippen LogP contribution in [-0.4, -0.2) is 28.5 Å². The summed E-state index contributed by atoms with van der Waals surface area (Å²) in [6.45, 7) is 2.32. The van der Waals surface area contributed by atoms with Crippen molar-refractivity contribution < 1.29 is 14.7 Å². The Kier molecular flexibility index (Phi) is 4.86. The highest BCUT2D eigenvalue weighted by molar-refractivity contribution is 7.09. The fourth-order valence-electron chi connectivity index (χ4n) is 1.64. The molecule has 5 nitrogen and oxygen atoms in total. The minimum absolute atomic E-state index is 0.0292. The first-order chi connectivity index (χ1) is 9.58. The molecule has 0 bridgehead atoms. The second-order valence-electron chi connectivity index (χ2n) is 4.25. The third-order valence-corrected chi connectivity index (χ3v) is 4.46. The van der Waals surface area contributed by atoms with Crippen LogP contribution < -0.4 is 5.32 Å². The van der Waals surface area contributed by atoms with E-state index in [0.717, 1.165) is 5.56 Å². The summed E-state index contributed by atoms with van der Waals surface area (Å²) in [5, 5.41) is 17.7. The van der Waals surface area contributed by atoms with Crippen molar-refractivity contribution in [2.45, 2.75) is 19.3 Å². The zero-order valence-electron chi connectivity index (χ0n) is 10.8. The molecule has 20 heavy (non-hydrogen) atoms. The van der Waals surface area contributed by atoms with Crippen LogP contribution in [-0.2, 0) is 11.2 Å². The average molecular weight is 310 g/mol. The summed E-state index contributed by atoms with van der Waals surface area (Å²) in [5.74, 6) is -1.23. The Bertz CT molecular complexity index is 593. The van der Waals surface area contributed by atoms with E-state index in [1.807, 2.05) is 23.8 Å². The topological polar surface area (TPSA) is 79.3 Å². The summed E-state index contributed by atoms with van der Waals surface area (Å²) >= 11 is 2.86. The van der Waals surface area contributed by atoms with E-state index in [2.05, 4.69) is 10.3 Å². The number of carboxylic acids is 1. The van der Waals surface area contributed by atoms with E-state index in [9.17, 15) is 9.59 Å². The maximum Gasteiger partial charge on any atom is 0.355 e. The Hall–Kier alpha value is -1.73. The van der Waals surface area contributed by atoms with Gasteiger partial charge in [0.2, 0.25) is 5.91 Å². The van der Waals surface area contributed by atoms with Gasteiger partial charge in [-0.2, -0.15) is 11.3 Å². The number of thiazole rings is 1. The Morgan fingerprint density at radius 3 is 2.85 bits per heavy atom. The zero-order chi connectivity index (χ0) is 14.5. The smallest absolute Gasteiger partial charge is 0.355 e. The first kappa shape index (κ1) is 14.7. The SMILES string of the molecule is CC(C(=O)NCCc1nc(C(=O)O)cs1)c1ccsc1. The van der Waals surface area contributed by atoms with Crippen LogP contribution in [0.15, 0.2) is 22.2 Å². The van der Waals surface area contributed by atoms with E-state index in [1.54, 1.807) is 11.3 Å². The molecule has 1 amide bonds. The predicted molar refractivity (Wildman–Crippen MR) is 78.5 cm³/mol. The molecule has 1 unspecified atom stereocenters. The number of amides is 1. The fourth-order valence-corrected chi connectivity index (χ4v) is 3.17. The second kappa shape index (κ2) is 6.62. The minimum atomic E-state index is -1.03. The second-order valence-corrected chi connectivity index (χ2v) is 5.97. The van der Waals surface area contributed by atoms with Crippen molar-refractivity contribution >= 4 is 34.6 Å². The molecule has 0 saturated heterocycles. The largest absolute Gasteiger partial charge is 0.476 e. The highest BCUT2D eigenvalue weighted by atomic mass is 32.1. The summed E-state index contributed by atoms with van der Waals surface area (Å²) in [7, 11) is 0. The Morgan fingerprint density at radius 1 is 1.45 bits per heavy atom. The van der Waals surface area contributed by atoms with Crippen LogP contribution in [0.25, 0.3) is 0 Å². The summed E-state index contributed by atoms with van der Waals surface area (Å²) in [6, 6.07) is 1.94. The fraction of sp³-hybridized carbons (Fsp3) is 0.308. The first-order valence-electron chi connectivity index (χ1n) is 6.05. The van der Waals surface area contributed by atoms with Gasteiger partial charge in [0, 0.05) is 18.3 Å². The molecule has 2 aromatic heterocycles. The number of nitrogens with zero attached hydrogens (tertiary/aromatic N) is 1. The molecule has 0 aromatic carbocycles. The van der Waals surface area contributed by atoms with Gasteiger partial charge in [0.15, 0.2) is 5.69 Å². The van der Waals surface area contributed by atoms with E-state index in [-0.39, 0.29) is 17.5 Å². The number of hydrogen-bond acceptors (Lipinski definition) is 5. The van der Waals surface area contributed by atoms with E-state index < -0.39 is 5.97 Å². The molecule has 0 saturated carbocycles. The van der Waals surface area contributed by atoms with Crippen LogP contribution in [0.2, 0.25) is 0 Å². The van der Waals surface area contributed by atoms with E-state index >= 15 is 0 Å². The van der Waals surface area contributed by atoms with Crippen LogP contribution in [0.1, 0.15) is 33.9 Å². The Morgan fingerprint density at radius 2 is 2.25 bits per heavy atom. The molecule has 2 rings (SSSR count). The number of carbonyl (C=O) groups is 2. The van der Waals surface area contributed by atoms with Gasteiger partial charge in [0.25, 0.3) is 0 Å².